The summed E-state index contributed by atoms with van der Waals surface area (Å²) in [5, 5.41) is 23.9. The molecule has 2 aliphatic carbocycles. The van der Waals surface area contributed by atoms with Crippen LogP contribution in [0.15, 0.2) is 81.9 Å². The first-order valence-electron chi connectivity index (χ1n) is 21.0. The van der Waals surface area contributed by atoms with E-state index in [1.165, 1.54) is 19.4 Å². The highest BCUT2D eigenvalue weighted by molar-refractivity contribution is 5.93. The molecule has 63 heavy (non-hydrogen) atoms. The standard InChI is InChI=1S/C23H27N5O4.C22H24N4O5/c1-24-20(29)18-12-16(8-11-26-18)31-15-6-7-17-19(13-15)32-22(28-17)27-14-23(21(30)25-2)9-4-3-5-10-23;1-23-19(27)17-11-15(7-10-24-17)30-14-5-6-16-18(12-14)31-21(26-16)25-13-22(20(28)29)8-3-2-4-9-22/h6-8,11-13H,3-5,9-10,14H2,1-2H3,(H,24,29)(H,25,30)(H,27,28);5-7,10-12H,2-4,8-9,13H2,1H3,(H,23,27)(H,25,26)(H,28,29). The predicted octanol–water partition coefficient (Wildman–Crippen LogP) is 7.30. The number of oxazole rings is 2. The van der Waals surface area contributed by atoms with Gasteiger partial charge in [0, 0.05) is 70.9 Å². The number of carboxylic acids is 1. The van der Waals surface area contributed by atoms with Crippen molar-refractivity contribution >= 4 is 57.9 Å². The van der Waals surface area contributed by atoms with Gasteiger partial charge in [0.1, 0.15) is 45.4 Å². The van der Waals surface area contributed by atoms with Crippen LogP contribution in [0, 0.1) is 10.8 Å². The first-order chi connectivity index (χ1) is 30.5. The summed E-state index contributed by atoms with van der Waals surface area (Å²) in [5.41, 5.74) is 1.67. The quantitative estimate of drug-likeness (QED) is 0.0629. The van der Waals surface area contributed by atoms with E-state index >= 15 is 0 Å². The number of nitrogens with zero attached hydrogens (tertiary/aromatic N) is 4. The summed E-state index contributed by atoms with van der Waals surface area (Å²) in [6.45, 7) is 0.750. The average molecular weight is 862 g/mol. The van der Waals surface area contributed by atoms with Gasteiger partial charge in [0.2, 0.25) is 5.91 Å². The Morgan fingerprint density at radius 3 is 1.44 bits per heavy atom. The second-order valence-corrected chi connectivity index (χ2v) is 15.7. The highest BCUT2D eigenvalue weighted by Crippen LogP contribution is 2.39. The van der Waals surface area contributed by atoms with Gasteiger partial charge >= 0.3 is 5.97 Å². The fourth-order valence-electron chi connectivity index (χ4n) is 7.98. The van der Waals surface area contributed by atoms with E-state index in [0.717, 1.165) is 51.4 Å². The number of ether oxygens (including phenoxy) is 2. The second-order valence-electron chi connectivity index (χ2n) is 15.7. The number of hydrogen-bond acceptors (Lipinski definition) is 14. The van der Waals surface area contributed by atoms with Crippen LogP contribution in [0.2, 0.25) is 0 Å². The number of aliphatic carboxylic acids is 1. The third kappa shape index (κ3) is 10.5. The SMILES string of the molecule is CNC(=O)c1cc(Oc2ccc3nc(NCC4(C(=O)NC)CCCCC4)oc3c2)ccn1.CNC(=O)c1cc(Oc2ccc3nc(NCC4(C(=O)O)CCCCC4)oc3c2)ccn1. The molecule has 4 aromatic heterocycles. The highest BCUT2D eigenvalue weighted by atomic mass is 16.5. The van der Waals surface area contributed by atoms with Crippen LogP contribution in [0.25, 0.3) is 22.2 Å². The van der Waals surface area contributed by atoms with E-state index in [0.29, 0.717) is 70.6 Å². The minimum Gasteiger partial charge on any atom is -0.481 e. The molecule has 0 bridgehead atoms. The van der Waals surface area contributed by atoms with Crippen LogP contribution in [-0.4, -0.2) is 83.0 Å². The van der Waals surface area contributed by atoms with Crippen LogP contribution in [-0.2, 0) is 9.59 Å². The number of pyridine rings is 2. The predicted molar refractivity (Wildman–Crippen MR) is 233 cm³/mol. The van der Waals surface area contributed by atoms with Crippen molar-refractivity contribution in [3.63, 3.8) is 0 Å². The van der Waals surface area contributed by atoms with Crippen LogP contribution >= 0.6 is 0 Å². The summed E-state index contributed by atoms with van der Waals surface area (Å²) in [6.07, 6.45) is 12.2. The van der Waals surface area contributed by atoms with Crippen LogP contribution in [0.5, 0.6) is 23.0 Å². The van der Waals surface area contributed by atoms with E-state index in [4.69, 9.17) is 18.3 Å². The lowest BCUT2D eigenvalue weighted by molar-refractivity contribution is -0.150. The number of amides is 3. The van der Waals surface area contributed by atoms with Crippen LogP contribution in [0.4, 0.5) is 12.0 Å². The Balaban J connectivity index is 0.000000189. The Bertz CT molecular complexity index is 2580. The molecule has 2 saturated carbocycles. The molecule has 2 aliphatic rings. The minimum absolute atomic E-state index is 0.0602. The third-order valence-electron chi connectivity index (χ3n) is 11.5. The van der Waals surface area contributed by atoms with Gasteiger partial charge in [-0.1, -0.05) is 38.5 Å². The summed E-state index contributed by atoms with van der Waals surface area (Å²) in [4.78, 5) is 64.8. The average Bonchev–Trinajstić information content (AvgIpc) is 3.93. The number of anilines is 2. The van der Waals surface area contributed by atoms with Crippen LogP contribution in [0.1, 0.15) is 85.2 Å². The first-order valence-corrected chi connectivity index (χ1v) is 21.0. The molecular weight excluding hydrogens is 811 g/mol. The Hall–Kier alpha value is -7.24. The number of carbonyl (C=O) groups is 4. The summed E-state index contributed by atoms with van der Waals surface area (Å²) in [7, 11) is 4.76. The van der Waals surface area contributed by atoms with E-state index in [1.807, 2.05) is 0 Å². The van der Waals surface area contributed by atoms with Gasteiger partial charge in [0.15, 0.2) is 11.2 Å². The van der Waals surface area contributed by atoms with Gasteiger partial charge in [-0.3, -0.25) is 29.1 Å². The molecule has 0 radical (unpaired) electrons. The molecule has 0 spiro atoms. The highest BCUT2D eigenvalue weighted by Gasteiger charge is 2.40. The zero-order valence-corrected chi connectivity index (χ0v) is 35.4. The molecular formula is C45H51N9O9. The second kappa shape index (κ2) is 19.6. The molecule has 3 amide bonds. The van der Waals surface area contributed by atoms with Gasteiger partial charge in [-0.05, 0) is 62.1 Å². The van der Waals surface area contributed by atoms with E-state index in [9.17, 15) is 24.3 Å². The smallest absolute Gasteiger partial charge is 0.311 e. The van der Waals surface area contributed by atoms with E-state index < -0.39 is 16.8 Å². The minimum atomic E-state index is -0.781. The Kier molecular flexibility index (Phi) is 13.7. The van der Waals surface area contributed by atoms with Gasteiger partial charge in [0.05, 0.1) is 10.8 Å². The lowest BCUT2D eigenvalue weighted by atomic mass is 9.73. The van der Waals surface area contributed by atoms with Gasteiger partial charge in [-0.25, -0.2) is 0 Å². The monoisotopic (exact) mass is 861 g/mol. The number of benzene rings is 2. The summed E-state index contributed by atoms with van der Waals surface area (Å²) in [5.74, 6) is 0.701. The van der Waals surface area contributed by atoms with Crippen molar-refractivity contribution in [2.24, 2.45) is 10.8 Å². The van der Waals surface area contributed by atoms with Crippen LogP contribution in [0.3, 0.4) is 0 Å². The number of aromatic nitrogens is 4. The molecule has 6 aromatic rings. The van der Waals surface area contributed by atoms with Gasteiger partial charge < -0.3 is 50.0 Å². The Labute approximate surface area is 363 Å². The van der Waals surface area contributed by atoms with Crippen molar-refractivity contribution in [3.8, 4) is 23.0 Å². The first kappa shape index (κ1) is 43.8. The maximum Gasteiger partial charge on any atom is 0.311 e. The zero-order chi connectivity index (χ0) is 44.4. The Morgan fingerprint density at radius 1 is 0.587 bits per heavy atom. The molecule has 0 saturated heterocycles. The topological polar surface area (TPSA) is 245 Å². The number of hydrogen-bond donors (Lipinski definition) is 6. The maximum absolute atomic E-state index is 12.5. The molecule has 0 atom stereocenters. The molecule has 18 nitrogen and oxygen atoms in total. The molecule has 4 heterocycles. The number of carboxylic acid groups (broad SMARTS) is 1. The lowest BCUT2D eigenvalue weighted by Crippen LogP contribution is -2.45. The molecule has 6 N–H and O–H groups in total. The largest absolute Gasteiger partial charge is 0.481 e. The fraction of sp³-hybridized carbons (Fsp3) is 0.378. The van der Waals surface area contributed by atoms with E-state index in [-0.39, 0.29) is 41.7 Å². The van der Waals surface area contributed by atoms with Crippen molar-refractivity contribution < 1.29 is 42.6 Å². The van der Waals surface area contributed by atoms with Crippen molar-refractivity contribution in [3.05, 3.63) is 84.4 Å². The zero-order valence-electron chi connectivity index (χ0n) is 35.4. The molecule has 0 aliphatic heterocycles. The molecule has 2 aromatic carbocycles. The molecule has 8 rings (SSSR count). The number of carbonyl (C=O) groups excluding carboxylic acids is 3. The van der Waals surface area contributed by atoms with Crippen molar-refractivity contribution in [1.82, 2.24) is 35.9 Å². The van der Waals surface area contributed by atoms with Gasteiger partial charge in [-0.2, -0.15) is 9.97 Å². The number of nitrogens with one attached hydrogen (secondary N) is 5. The molecule has 0 unspecified atom stereocenters. The third-order valence-corrected chi connectivity index (χ3v) is 11.5. The fourth-order valence-corrected chi connectivity index (χ4v) is 7.98. The van der Waals surface area contributed by atoms with E-state index in [1.54, 1.807) is 74.8 Å². The maximum atomic E-state index is 12.5. The normalized spacial score (nSPS) is 15.3. The van der Waals surface area contributed by atoms with Gasteiger partial charge in [-0.15, -0.1) is 0 Å². The number of rotatable bonds is 14. The van der Waals surface area contributed by atoms with E-state index in [2.05, 4.69) is 46.5 Å². The summed E-state index contributed by atoms with van der Waals surface area (Å²) >= 11 is 0. The molecule has 2 fully saturated rings. The van der Waals surface area contributed by atoms with Crippen LogP contribution < -0.4 is 36.1 Å². The lowest BCUT2D eigenvalue weighted by Gasteiger charge is -2.35. The Morgan fingerprint density at radius 2 is 1.02 bits per heavy atom. The molecule has 18 heteroatoms. The summed E-state index contributed by atoms with van der Waals surface area (Å²) in [6, 6.07) is 17.6. The van der Waals surface area contributed by atoms with Crippen molar-refractivity contribution in [2.75, 3.05) is 44.9 Å². The molecule has 330 valence electrons. The summed E-state index contributed by atoms with van der Waals surface area (Å²) < 4.78 is 23.3. The van der Waals surface area contributed by atoms with Gasteiger partial charge in [0.25, 0.3) is 23.8 Å². The van der Waals surface area contributed by atoms with Crippen molar-refractivity contribution in [1.29, 1.82) is 0 Å². The van der Waals surface area contributed by atoms with Crippen molar-refractivity contribution in [2.45, 2.75) is 64.2 Å². The number of fused-ring (bicyclic) bond motifs is 2.